The largest absolute Gasteiger partial charge is 0.378 e. The Kier molecular flexibility index (Phi) is 5.43. The van der Waals surface area contributed by atoms with Gasteiger partial charge in [-0.3, -0.25) is 4.90 Å². The van der Waals surface area contributed by atoms with Crippen LogP contribution in [0.4, 0.5) is 11.9 Å². The molecule has 0 unspecified atom stereocenters. The van der Waals surface area contributed by atoms with Gasteiger partial charge in [0.25, 0.3) is 0 Å². The molecule has 0 N–H and O–H groups in total. The zero-order chi connectivity index (χ0) is 21.5. The number of nitrogens with zero attached hydrogens (tertiary/aromatic N) is 7. The molecular weight excluding hydrogens is 402 g/mol. The molecule has 8 nitrogen and oxygen atoms in total. The first-order chi connectivity index (χ1) is 15.7. The minimum absolute atomic E-state index is 0.403. The standard InChI is InChI=1S/C24H33N7O/c1-17-3-2-8-30(15-17)24-26-14-20-21(28-24)13-19-4-5-22(20)31(19)16-18-6-7-25-23(27-18)29-9-11-32-12-10-29/h6-7,14,17,19,22H,2-5,8-13,15-16H2,1H3/t17-,19-,22-/m1/s1. The molecule has 6 rings (SSSR count). The van der Waals surface area contributed by atoms with E-state index in [4.69, 9.17) is 19.7 Å². The molecule has 3 atom stereocenters. The summed E-state index contributed by atoms with van der Waals surface area (Å²) in [5, 5.41) is 0. The van der Waals surface area contributed by atoms with Crippen molar-refractivity contribution in [1.29, 1.82) is 0 Å². The molecule has 0 aliphatic carbocycles. The SMILES string of the molecule is C[C@@H]1CCCN(c2ncc3c(n2)C[C@H]2CC[C@H]3N2Cc2ccnc(N3CCOCC3)n2)C1. The van der Waals surface area contributed by atoms with E-state index in [1.165, 1.54) is 36.9 Å². The second-order valence-electron chi connectivity index (χ2n) is 9.84. The van der Waals surface area contributed by atoms with Gasteiger partial charge in [-0.15, -0.1) is 0 Å². The van der Waals surface area contributed by atoms with E-state index in [2.05, 4.69) is 38.9 Å². The third-order valence-corrected chi connectivity index (χ3v) is 7.60. The number of piperidine rings is 1. The van der Waals surface area contributed by atoms with Gasteiger partial charge in [-0.1, -0.05) is 6.92 Å². The van der Waals surface area contributed by atoms with Crippen molar-refractivity contribution in [2.75, 3.05) is 49.2 Å². The van der Waals surface area contributed by atoms with Gasteiger partial charge in [-0.25, -0.2) is 19.9 Å². The van der Waals surface area contributed by atoms with Crippen LogP contribution in [0.15, 0.2) is 18.5 Å². The van der Waals surface area contributed by atoms with Crippen molar-refractivity contribution in [3.05, 3.63) is 35.4 Å². The third kappa shape index (κ3) is 3.83. The molecule has 3 fully saturated rings. The Balaban J connectivity index is 1.20. The second kappa shape index (κ2) is 8.56. The van der Waals surface area contributed by atoms with Crippen molar-refractivity contribution in [1.82, 2.24) is 24.8 Å². The van der Waals surface area contributed by atoms with E-state index in [-0.39, 0.29) is 0 Å². The highest BCUT2D eigenvalue weighted by molar-refractivity contribution is 5.38. The summed E-state index contributed by atoms with van der Waals surface area (Å²) in [6, 6.07) is 3.01. The first kappa shape index (κ1) is 20.3. The van der Waals surface area contributed by atoms with Gasteiger partial charge in [0.1, 0.15) is 0 Å². The van der Waals surface area contributed by atoms with E-state index in [0.717, 1.165) is 75.9 Å². The number of rotatable bonds is 4. The Morgan fingerprint density at radius 2 is 1.88 bits per heavy atom. The van der Waals surface area contributed by atoms with Gasteiger partial charge in [-0.05, 0) is 37.7 Å². The summed E-state index contributed by atoms with van der Waals surface area (Å²) in [6.45, 7) is 8.58. The summed E-state index contributed by atoms with van der Waals surface area (Å²) in [7, 11) is 0. The lowest BCUT2D eigenvalue weighted by Crippen LogP contribution is -2.40. The molecule has 2 aromatic rings. The van der Waals surface area contributed by atoms with E-state index in [0.29, 0.717) is 12.1 Å². The molecule has 4 aliphatic rings. The highest BCUT2D eigenvalue weighted by Gasteiger charge is 2.41. The number of morpholine rings is 1. The lowest BCUT2D eigenvalue weighted by Gasteiger charge is -2.36. The molecule has 0 amide bonds. The topological polar surface area (TPSA) is 70.5 Å². The van der Waals surface area contributed by atoms with Gasteiger partial charge < -0.3 is 14.5 Å². The highest BCUT2D eigenvalue weighted by Crippen LogP contribution is 2.44. The fourth-order valence-corrected chi connectivity index (χ4v) is 5.91. The van der Waals surface area contributed by atoms with Crippen LogP contribution in [0.1, 0.15) is 55.6 Å². The smallest absolute Gasteiger partial charge is 0.225 e. The highest BCUT2D eigenvalue weighted by atomic mass is 16.5. The van der Waals surface area contributed by atoms with Crippen LogP contribution in [0.2, 0.25) is 0 Å². The molecule has 2 aromatic heterocycles. The van der Waals surface area contributed by atoms with Gasteiger partial charge in [0.2, 0.25) is 11.9 Å². The monoisotopic (exact) mass is 435 g/mol. The predicted molar refractivity (Wildman–Crippen MR) is 123 cm³/mol. The van der Waals surface area contributed by atoms with E-state index in [9.17, 15) is 0 Å². The quantitative estimate of drug-likeness (QED) is 0.726. The Morgan fingerprint density at radius 3 is 2.75 bits per heavy atom. The van der Waals surface area contributed by atoms with Gasteiger partial charge in [-0.2, -0.15) is 0 Å². The number of ether oxygens (including phenoxy) is 1. The van der Waals surface area contributed by atoms with Crippen molar-refractivity contribution in [3.63, 3.8) is 0 Å². The normalized spacial score (nSPS) is 28.1. The molecule has 6 heterocycles. The minimum Gasteiger partial charge on any atom is -0.378 e. The van der Waals surface area contributed by atoms with Gasteiger partial charge in [0, 0.05) is 69.2 Å². The fourth-order valence-electron chi connectivity index (χ4n) is 5.91. The lowest BCUT2D eigenvalue weighted by atomic mass is 9.98. The first-order valence-electron chi connectivity index (χ1n) is 12.3. The number of hydrogen-bond donors (Lipinski definition) is 0. The third-order valence-electron chi connectivity index (χ3n) is 7.60. The summed E-state index contributed by atoms with van der Waals surface area (Å²) in [5.41, 5.74) is 3.70. The van der Waals surface area contributed by atoms with Crippen LogP contribution in [0.3, 0.4) is 0 Å². The molecular formula is C24H33N7O. The predicted octanol–water partition coefficient (Wildman–Crippen LogP) is 2.60. The van der Waals surface area contributed by atoms with Crippen LogP contribution in [0.25, 0.3) is 0 Å². The van der Waals surface area contributed by atoms with Crippen LogP contribution in [0, 0.1) is 5.92 Å². The molecule has 2 bridgehead atoms. The van der Waals surface area contributed by atoms with Crippen molar-refractivity contribution in [2.24, 2.45) is 5.92 Å². The number of fused-ring (bicyclic) bond motifs is 4. The van der Waals surface area contributed by atoms with E-state index >= 15 is 0 Å². The Hall–Kier alpha value is -2.32. The molecule has 0 spiro atoms. The fraction of sp³-hybridized carbons (Fsp3) is 0.667. The summed E-state index contributed by atoms with van der Waals surface area (Å²) in [4.78, 5) is 26.6. The molecule has 32 heavy (non-hydrogen) atoms. The van der Waals surface area contributed by atoms with Gasteiger partial charge >= 0.3 is 0 Å². The van der Waals surface area contributed by atoms with Gasteiger partial charge in [0.15, 0.2) is 0 Å². The molecule has 0 radical (unpaired) electrons. The zero-order valence-corrected chi connectivity index (χ0v) is 19.0. The Bertz CT molecular complexity index is 963. The van der Waals surface area contributed by atoms with Crippen LogP contribution < -0.4 is 9.80 Å². The molecule has 4 aliphatic heterocycles. The summed E-state index contributed by atoms with van der Waals surface area (Å²) >= 11 is 0. The lowest BCUT2D eigenvalue weighted by molar-refractivity contribution is 0.122. The summed E-state index contributed by atoms with van der Waals surface area (Å²) in [6.07, 6.45) is 10.0. The van der Waals surface area contributed by atoms with Crippen LogP contribution in [0.5, 0.6) is 0 Å². The van der Waals surface area contributed by atoms with Crippen molar-refractivity contribution in [3.8, 4) is 0 Å². The van der Waals surface area contributed by atoms with E-state index in [1.807, 2.05) is 6.20 Å². The average molecular weight is 436 g/mol. The number of aromatic nitrogens is 4. The minimum atomic E-state index is 0.403. The molecule has 0 saturated carbocycles. The molecule has 3 saturated heterocycles. The van der Waals surface area contributed by atoms with Crippen molar-refractivity contribution >= 4 is 11.9 Å². The number of anilines is 2. The summed E-state index contributed by atoms with van der Waals surface area (Å²) < 4.78 is 5.47. The number of hydrogen-bond acceptors (Lipinski definition) is 8. The Morgan fingerprint density at radius 1 is 1.00 bits per heavy atom. The zero-order valence-electron chi connectivity index (χ0n) is 19.0. The van der Waals surface area contributed by atoms with Crippen LogP contribution >= 0.6 is 0 Å². The summed E-state index contributed by atoms with van der Waals surface area (Å²) in [5.74, 6) is 2.50. The average Bonchev–Trinajstić information content (AvgIpc) is 3.10. The van der Waals surface area contributed by atoms with Crippen LogP contribution in [-0.4, -0.2) is 70.3 Å². The molecule has 0 aromatic carbocycles. The Labute approximate surface area is 190 Å². The molecule has 8 heteroatoms. The van der Waals surface area contributed by atoms with E-state index < -0.39 is 0 Å². The van der Waals surface area contributed by atoms with Crippen molar-refractivity contribution < 1.29 is 4.74 Å². The van der Waals surface area contributed by atoms with Crippen molar-refractivity contribution in [2.45, 2.75) is 57.7 Å². The maximum absolute atomic E-state index is 5.47. The molecule has 170 valence electrons. The maximum atomic E-state index is 5.47. The van der Waals surface area contributed by atoms with E-state index in [1.54, 1.807) is 0 Å². The maximum Gasteiger partial charge on any atom is 0.225 e. The first-order valence-corrected chi connectivity index (χ1v) is 12.3. The van der Waals surface area contributed by atoms with Gasteiger partial charge in [0.05, 0.1) is 24.6 Å². The van der Waals surface area contributed by atoms with Crippen LogP contribution in [-0.2, 0) is 17.7 Å². The second-order valence-corrected chi connectivity index (χ2v) is 9.84.